The first kappa shape index (κ1) is 29.7. The third kappa shape index (κ3) is 6.08. The number of carbonyl (C=O) groups excluding carboxylic acids is 4. The molecule has 1 fully saturated rings. The molecule has 0 aliphatic heterocycles. The van der Waals surface area contributed by atoms with Crippen molar-refractivity contribution < 1.29 is 45.9 Å². The van der Waals surface area contributed by atoms with Crippen molar-refractivity contribution in [3.05, 3.63) is 64.6 Å². The molecule has 41 heavy (non-hydrogen) atoms. The van der Waals surface area contributed by atoms with Crippen LogP contribution in [0.2, 0.25) is 0 Å². The van der Waals surface area contributed by atoms with Crippen molar-refractivity contribution >= 4 is 40.2 Å². The van der Waals surface area contributed by atoms with Gasteiger partial charge in [-0.25, -0.2) is 22.0 Å². The van der Waals surface area contributed by atoms with Crippen molar-refractivity contribution in [3.63, 3.8) is 0 Å². The number of anilines is 1. The van der Waals surface area contributed by atoms with Gasteiger partial charge in [0.1, 0.15) is 12.1 Å². The Bertz CT molecular complexity index is 1520. The highest BCUT2D eigenvalue weighted by atomic mass is 19.2. The summed E-state index contributed by atoms with van der Waals surface area (Å²) in [6.45, 7) is 4.03. The van der Waals surface area contributed by atoms with Gasteiger partial charge in [0.25, 0.3) is 17.6 Å². The SMILES string of the molecule is CCCN(CC1CC1)C(=O)C(=O)c1cn(CC(=O)OCC)c2ccc(NC(=O)c3c(F)c(F)c(F)c(F)c3F)cc12. The first-order chi connectivity index (χ1) is 19.5. The average Bonchev–Trinajstić information content (AvgIpc) is 3.70. The maximum Gasteiger partial charge on any atom is 0.325 e. The second-order valence-corrected chi connectivity index (χ2v) is 9.63. The zero-order chi connectivity index (χ0) is 30.0. The zero-order valence-corrected chi connectivity index (χ0v) is 22.2. The highest BCUT2D eigenvalue weighted by Crippen LogP contribution is 2.31. The van der Waals surface area contributed by atoms with E-state index in [-0.39, 0.29) is 35.3 Å². The lowest BCUT2D eigenvalue weighted by molar-refractivity contribution is -0.143. The number of aromatic nitrogens is 1. The molecule has 0 atom stereocenters. The Balaban J connectivity index is 1.73. The van der Waals surface area contributed by atoms with Gasteiger partial charge in [0, 0.05) is 35.9 Å². The summed E-state index contributed by atoms with van der Waals surface area (Å²) >= 11 is 0. The standard InChI is InChI=1S/C28H26F5N3O5/c1-3-9-35(11-14-5-6-14)28(40)26(38)17-12-36(13-19(37)41-4-2)18-8-7-15(10-16(17)18)34-27(39)20-21(29)23(31)25(33)24(32)22(20)30/h7-8,10,12,14H,3-6,9,11,13H2,1-2H3,(H,34,39). The van der Waals surface area contributed by atoms with Gasteiger partial charge in [-0.3, -0.25) is 19.2 Å². The number of hydrogen-bond donors (Lipinski definition) is 1. The topological polar surface area (TPSA) is 97.7 Å². The molecule has 0 radical (unpaired) electrons. The number of nitrogens with one attached hydrogen (secondary N) is 1. The molecule has 1 aliphatic carbocycles. The van der Waals surface area contributed by atoms with Crippen molar-refractivity contribution in [1.82, 2.24) is 9.47 Å². The molecule has 1 aliphatic rings. The second-order valence-electron chi connectivity index (χ2n) is 9.63. The first-order valence-electron chi connectivity index (χ1n) is 12.9. The van der Waals surface area contributed by atoms with E-state index in [4.69, 9.17) is 4.74 Å². The van der Waals surface area contributed by atoms with Gasteiger partial charge >= 0.3 is 5.97 Å². The molecule has 1 saturated carbocycles. The van der Waals surface area contributed by atoms with E-state index in [0.717, 1.165) is 12.8 Å². The Morgan fingerprint density at radius 3 is 2.20 bits per heavy atom. The Labute approximate surface area is 231 Å². The number of hydrogen-bond acceptors (Lipinski definition) is 5. The molecule has 2 aromatic carbocycles. The number of ketones is 1. The summed E-state index contributed by atoms with van der Waals surface area (Å²) in [4.78, 5) is 52.9. The normalized spacial score (nSPS) is 12.9. The molecule has 1 heterocycles. The van der Waals surface area contributed by atoms with Crippen LogP contribution in [0.5, 0.6) is 0 Å². The fraction of sp³-hybridized carbons (Fsp3) is 0.357. The van der Waals surface area contributed by atoms with E-state index < -0.39 is 58.2 Å². The number of Topliss-reactive ketones (excluding diaryl/α,β-unsaturated/α-hetero) is 1. The fourth-order valence-corrected chi connectivity index (χ4v) is 4.45. The van der Waals surface area contributed by atoms with E-state index in [0.29, 0.717) is 25.4 Å². The van der Waals surface area contributed by atoms with Gasteiger partial charge in [-0.15, -0.1) is 0 Å². The van der Waals surface area contributed by atoms with Gasteiger partial charge < -0.3 is 19.5 Å². The number of ether oxygens (including phenoxy) is 1. The second kappa shape index (κ2) is 12.1. The van der Waals surface area contributed by atoms with Crippen molar-refractivity contribution in [1.29, 1.82) is 0 Å². The van der Waals surface area contributed by atoms with Gasteiger partial charge in [-0.2, -0.15) is 0 Å². The first-order valence-corrected chi connectivity index (χ1v) is 12.9. The van der Waals surface area contributed by atoms with E-state index >= 15 is 0 Å². The molecule has 8 nitrogen and oxygen atoms in total. The van der Waals surface area contributed by atoms with E-state index in [1.807, 2.05) is 6.92 Å². The highest BCUT2D eigenvalue weighted by Gasteiger charge is 2.32. The molecule has 218 valence electrons. The molecule has 0 spiro atoms. The van der Waals surface area contributed by atoms with Crippen LogP contribution >= 0.6 is 0 Å². The van der Waals surface area contributed by atoms with E-state index in [1.54, 1.807) is 6.92 Å². The minimum absolute atomic E-state index is 0.101. The summed E-state index contributed by atoms with van der Waals surface area (Å²) in [5.74, 6) is -15.2. The Kier molecular flexibility index (Phi) is 8.74. The van der Waals surface area contributed by atoms with Crippen LogP contribution in [0.1, 0.15) is 53.8 Å². The molecular formula is C28H26F5N3O5. The van der Waals surface area contributed by atoms with Gasteiger partial charge in [0.2, 0.25) is 5.82 Å². The van der Waals surface area contributed by atoms with Crippen molar-refractivity contribution in [2.45, 2.75) is 39.7 Å². The van der Waals surface area contributed by atoms with Crippen molar-refractivity contribution in [2.24, 2.45) is 5.92 Å². The number of rotatable bonds is 11. The fourth-order valence-electron chi connectivity index (χ4n) is 4.45. The molecule has 13 heteroatoms. The Morgan fingerprint density at radius 2 is 1.61 bits per heavy atom. The third-order valence-electron chi connectivity index (χ3n) is 6.58. The lowest BCUT2D eigenvalue weighted by Gasteiger charge is -2.21. The van der Waals surface area contributed by atoms with Crippen molar-refractivity contribution in [2.75, 3.05) is 25.0 Å². The van der Waals surface area contributed by atoms with Gasteiger partial charge in [-0.05, 0) is 50.3 Å². The molecule has 1 N–H and O–H groups in total. The number of fused-ring (bicyclic) bond motifs is 1. The van der Waals surface area contributed by atoms with E-state index in [1.165, 1.54) is 33.9 Å². The predicted molar refractivity (Wildman–Crippen MR) is 137 cm³/mol. The summed E-state index contributed by atoms with van der Waals surface area (Å²) in [7, 11) is 0. The lowest BCUT2D eigenvalue weighted by Crippen LogP contribution is -2.38. The van der Waals surface area contributed by atoms with Crippen LogP contribution in [0.4, 0.5) is 27.6 Å². The summed E-state index contributed by atoms with van der Waals surface area (Å²) in [6, 6.07) is 3.80. The lowest BCUT2D eigenvalue weighted by atomic mass is 10.1. The third-order valence-corrected chi connectivity index (χ3v) is 6.58. The molecule has 3 aromatic rings. The summed E-state index contributed by atoms with van der Waals surface area (Å²) in [6.07, 6.45) is 3.81. The predicted octanol–water partition coefficient (Wildman–Crippen LogP) is 4.98. The minimum atomic E-state index is -2.41. The van der Waals surface area contributed by atoms with Crippen LogP contribution in [0, 0.1) is 35.0 Å². The maximum absolute atomic E-state index is 14.2. The minimum Gasteiger partial charge on any atom is -0.465 e. The van der Waals surface area contributed by atoms with Crippen molar-refractivity contribution in [3.8, 4) is 0 Å². The molecule has 2 amide bonds. The number of amides is 2. The van der Waals surface area contributed by atoms with E-state index in [9.17, 15) is 41.1 Å². The monoisotopic (exact) mass is 579 g/mol. The average molecular weight is 580 g/mol. The maximum atomic E-state index is 14.2. The summed E-state index contributed by atoms with van der Waals surface area (Å²) in [5.41, 5.74) is -1.69. The Hall–Kier alpha value is -4.29. The van der Waals surface area contributed by atoms with Crippen LogP contribution in [0.25, 0.3) is 10.9 Å². The van der Waals surface area contributed by atoms with Crippen LogP contribution in [-0.2, 0) is 20.9 Å². The van der Waals surface area contributed by atoms with Gasteiger partial charge in [0.05, 0.1) is 12.2 Å². The number of benzene rings is 2. The highest BCUT2D eigenvalue weighted by molar-refractivity contribution is 6.45. The molecule has 0 unspecified atom stereocenters. The summed E-state index contributed by atoms with van der Waals surface area (Å²) < 4.78 is 75.4. The Morgan fingerprint density at radius 1 is 0.976 bits per heavy atom. The van der Waals surface area contributed by atoms with Gasteiger partial charge in [-0.1, -0.05) is 6.92 Å². The van der Waals surface area contributed by atoms with Gasteiger partial charge in [0.15, 0.2) is 23.3 Å². The zero-order valence-electron chi connectivity index (χ0n) is 22.2. The quantitative estimate of drug-likeness (QED) is 0.0863. The van der Waals surface area contributed by atoms with E-state index in [2.05, 4.69) is 5.32 Å². The molecule has 4 rings (SSSR count). The van der Waals surface area contributed by atoms with Crippen LogP contribution in [-0.4, -0.2) is 52.7 Å². The molecule has 1 aromatic heterocycles. The smallest absolute Gasteiger partial charge is 0.325 e. The molecule has 0 bridgehead atoms. The summed E-state index contributed by atoms with van der Waals surface area (Å²) in [5, 5.41) is 2.17. The number of nitrogens with zero attached hydrogens (tertiary/aromatic N) is 2. The largest absolute Gasteiger partial charge is 0.465 e. The molecule has 0 saturated heterocycles. The van der Waals surface area contributed by atoms with Crippen LogP contribution < -0.4 is 5.32 Å². The van der Waals surface area contributed by atoms with Crippen LogP contribution in [0.3, 0.4) is 0 Å². The molecular weight excluding hydrogens is 553 g/mol. The number of esters is 1. The van der Waals surface area contributed by atoms with Crippen LogP contribution in [0.15, 0.2) is 24.4 Å². The number of halogens is 5. The number of carbonyl (C=O) groups is 4.